The van der Waals surface area contributed by atoms with Crippen molar-refractivity contribution in [3.05, 3.63) is 66.0 Å². The van der Waals surface area contributed by atoms with Gasteiger partial charge in [-0.1, -0.05) is 19.9 Å². The molecule has 34 heavy (non-hydrogen) atoms. The summed E-state index contributed by atoms with van der Waals surface area (Å²) in [5, 5.41) is 0. The average molecular weight is 471 g/mol. The number of alkyl halides is 3. The first-order valence-corrected chi connectivity index (χ1v) is 10.3. The molecule has 1 aromatic heterocycles. The SMILES string of the molecule is CC(C)c1cc(N2C(=O)CN(c3cccc(C(F)(F)F)c3)C2=O)ccc1Oc1cc(N)ncn1. The van der Waals surface area contributed by atoms with Crippen LogP contribution >= 0.6 is 0 Å². The molecule has 11 heteroatoms. The number of urea groups is 1. The van der Waals surface area contributed by atoms with E-state index in [1.165, 1.54) is 30.6 Å². The molecule has 0 aliphatic carbocycles. The van der Waals surface area contributed by atoms with Crippen molar-refractivity contribution >= 4 is 29.1 Å². The maximum absolute atomic E-state index is 13.1. The molecule has 0 spiro atoms. The van der Waals surface area contributed by atoms with Crippen LogP contribution in [0.5, 0.6) is 11.6 Å². The molecular formula is C23H20F3N5O3. The zero-order valence-corrected chi connectivity index (χ0v) is 18.2. The molecule has 0 unspecified atom stereocenters. The minimum Gasteiger partial charge on any atom is -0.439 e. The van der Waals surface area contributed by atoms with Crippen molar-refractivity contribution in [2.45, 2.75) is 25.9 Å². The van der Waals surface area contributed by atoms with Crippen LogP contribution in [0.15, 0.2) is 54.9 Å². The molecule has 3 amide bonds. The highest BCUT2D eigenvalue weighted by Crippen LogP contribution is 2.36. The summed E-state index contributed by atoms with van der Waals surface area (Å²) in [5.41, 5.74) is 5.71. The van der Waals surface area contributed by atoms with Gasteiger partial charge in [-0.3, -0.25) is 9.69 Å². The number of anilines is 3. The molecule has 1 saturated heterocycles. The minimum absolute atomic E-state index is 0.0129. The number of nitrogens with zero attached hydrogens (tertiary/aromatic N) is 4. The van der Waals surface area contributed by atoms with Crippen LogP contribution in [0.2, 0.25) is 0 Å². The highest BCUT2D eigenvalue weighted by Gasteiger charge is 2.39. The molecule has 4 rings (SSSR count). The maximum atomic E-state index is 13.1. The lowest BCUT2D eigenvalue weighted by atomic mass is 10.0. The molecule has 3 aromatic rings. The maximum Gasteiger partial charge on any atom is 0.416 e. The normalized spacial score (nSPS) is 14.3. The van der Waals surface area contributed by atoms with E-state index >= 15 is 0 Å². The van der Waals surface area contributed by atoms with E-state index in [2.05, 4.69) is 9.97 Å². The summed E-state index contributed by atoms with van der Waals surface area (Å²) in [5.74, 6) is 0.295. The van der Waals surface area contributed by atoms with Crippen molar-refractivity contribution in [3.63, 3.8) is 0 Å². The van der Waals surface area contributed by atoms with Crippen LogP contribution in [-0.2, 0) is 11.0 Å². The highest BCUT2D eigenvalue weighted by molar-refractivity contribution is 6.27. The number of nitrogens with two attached hydrogens (primary N) is 1. The van der Waals surface area contributed by atoms with Gasteiger partial charge in [-0.2, -0.15) is 13.2 Å². The first kappa shape index (κ1) is 23.0. The van der Waals surface area contributed by atoms with E-state index in [0.29, 0.717) is 11.3 Å². The molecule has 0 radical (unpaired) electrons. The van der Waals surface area contributed by atoms with Gasteiger partial charge in [0.15, 0.2) is 0 Å². The quantitative estimate of drug-likeness (QED) is 0.528. The van der Waals surface area contributed by atoms with E-state index in [-0.39, 0.29) is 35.5 Å². The summed E-state index contributed by atoms with van der Waals surface area (Å²) in [6.45, 7) is 3.43. The largest absolute Gasteiger partial charge is 0.439 e. The van der Waals surface area contributed by atoms with Gasteiger partial charge in [0, 0.05) is 11.8 Å². The monoisotopic (exact) mass is 471 g/mol. The van der Waals surface area contributed by atoms with Crippen LogP contribution in [0.3, 0.4) is 0 Å². The zero-order valence-electron chi connectivity index (χ0n) is 18.2. The lowest BCUT2D eigenvalue weighted by Gasteiger charge is -2.20. The second-order valence-electron chi connectivity index (χ2n) is 7.91. The molecule has 176 valence electrons. The summed E-state index contributed by atoms with van der Waals surface area (Å²) in [4.78, 5) is 35.6. The van der Waals surface area contributed by atoms with E-state index < -0.39 is 23.7 Å². The standard InChI is InChI=1S/C23H20F3N5O3/c1-13(2)17-9-16(6-7-18(17)34-20-10-19(27)28-12-29-20)31-21(32)11-30(22(31)33)15-5-3-4-14(8-15)23(24,25)26/h3-10,12-13H,11H2,1-2H3,(H2,27,28,29). The number of ether oxygens (including phenoxy) is 1. The number of halogens is 3. The lowest BCUT2D eigenvalue weighted by Crippen LogP contribution is -2.33. The molecule has 8 nitrogen and oxygen atoms in total. The number of amides is 3. The summed E-state index contributed by atoms with van der Waals surface area (Å²) in [6, 6.07) is 9.77. The Bertz CT molecular complexity index is 1260. The molecule has 2 aromatic carbocycles. The number of rotatable bonds is 5. The second kappa shape index (κ2) is 8.65. The van der Waals surface area contributed by atoms with Crippen LogP contribution in [0.1, 0.15) is 30.9 Å². The van der Waals surface area contributed by atoms with E-state index in [0.717, 1.165) is 21.9 Å². The topological polar surface area (TPSA) is 102 Å². The Kier molecular flexibility index (Phi) is 5.86. The fourth-order valence-electron chi connectivity index (χ4n) is 3.55. The van der Waals surface area contributed by atoms with Crippen molar-refractivity contribution in [1.82, 2.24) is 9.97 Å². The Morgan fingerprint density at radius 2 is 1.79 bits per heavy atom. The Labute approximate surface area is 192 Å². The first-order chi connectivity index (χ1) is 16.0. The number of imide groups is 1. The smallest absolute Gasteiger partial charge is 0.416 e. The van der Waals surface area contributed by atoms with Gasteiger partial charge in [0.25, 0.3) is 5.91 Å². The van der Waals surface area contributed by atoms with Crippen molar-refractivity contribution in [2.75, 3.05) is 22.1 Å². The molecule has 2 heterocycles. The predicted molar refractivity (Wildman–Crippen MR) is 119 cm³/mol. The van der Waals surface area contributed by atoms with Gasteiger partial charge in [0.2, 0.25) is 5.88 Å². The van der Waals surface area contributed by atoms with Gasteiger partial charge in [-0.15, -0.1) is 0 Å². The highest BCUT2D eigenvalue weighted by atomic mass is 19.4. The van der Waals surface area contributed by atoms with Gasteiger partial charge in [0.1, 0.15) is 24.4 Å². The second-order valence-corrected chi connectivity index (χ2v) is 7.91. The third-order valence-corrected chi connectivity index (χ3v) is 5.20. The van der Waals surface area contributed by atoms with Crippen molar-refractivity contribution < 1.29 is 27.5 Å². The van der Waals surface area contributed by atoms with E-state index in [1.807, 2.05) is 13.8 Å². The summed E-state index contributed by atoms with van der Waals surface area (Å²) in [7, 11) is 0. The number of benzene rings is 2. The molecule has 0 saturated carbocycles. The summed E-state index contributed by atoms with van der Waals surface area (Å²) >= 11 is 0. The summed E-state index contributed by atoms with van der Waals surface area (Å²) in [6.07, 6.45) is -3.31. The van der Waals surface area contributed by atoms with Crippen LogP contribution in [-0.4, -0.2) is 28.5 Å². The van der Waals surface area contributed by atoms with Crippen molar-refractivity contribution in [1.29, 1.82) is 0 Å². The van der Waals surface area contributed by atoms with Gasteiger partial charge in [-0.25, -0.2) is 19.7 Å². The molecule has 1 aliphatic heterocycles. The number of hydrogen-bond acceptors (Lipinski definition) is 6. The Morgan fingerprint density at radius 3 is 2.47 bits per heavy atom. The fourth-order valence-corrected chi connectivity index (χ4v) is 3.55. The van der Waals surface area contributed by atoms with Gasteiger partial charge < -0.3 is 10.5 Å². The molecule has 1 fully saturated rings. The van der Waals surface area contributed by atoms with Gasteiger partial charge in [0.05, 0.1) is 11.3 Å². The third-order valence-electron chi connectivity index (χ3n) is 5.20. The molecule has 2 N–H and O–H groups in total. The van der Waals surface area contributed by atoms with Gasteiger partial charge in [-0.05, 0) is 47.9 Å². The molecular weight excluding hydrogens is 451 g/mol. The molecule has 1 aliphatic rings. The van der Waals surface area contributed by atoms with E-state index in [9.17, 15) is 22.8 Å². The minimum atomic E-state index is -4.57. The molecule has 0 bridgehead atoms. The Balaban J connectivity index is 1.65. The molecule has 0 atom stereocenters. The van der Waals surface area contributed by atoms with Crippen LogP contribution < -0.4 is 20.3 Å². The third kappa shape index (κ3) is 4.49. The van der Waals surface area contributed by atoms with Crippen LogP contribution in [0.25, 0.3) is 0 Å². The number of nitrogen functional groups attached to an aromatic ring is 1. The van der Waals surface area contributed by atoms with Crippen molar-refractivity contribution in [3.8, 4) is 11.6 Å². The van der Waals surface area contributed by atoms with E-state index in [4.69, 9.17) is 10.5 Å². The zero-order chi connectivity index (χ0) is 24.6. The number of hydrogen-bond donors (Lipinski definition) is 1. The summed E-state index contributed by atoms with van der Waals surface area (Å²) < 4.78 is 45.1. The predicted octanol–water partition coefficient (Wildman–Crippen LogP) is 4.97. The number of aromatic nitrogens is 2. The Morgan fingerprint density at radius 1 is 1.03 bits per heavy atom. The van der Waals surface area contributed by atoms with Gasteiger partial charge >= 0.3 is 12.2 Å². The van der Waals surface area contributed by atoms with Crippen LogP contribution in [0, 0.1) is 0 Å². The van der Waals surface area contributed by atoms with Crippen LogP contribution in [0.4, 0.5) is 35.2 Å². The average Bonchev–Trinajstić information content (AvgIpc) is 3.07. The number of carbonyl (C=O) groups is 2. The fraction of sp³-hybridized carbons (Fsp3) is 0.217. The Hall–Kier alpha value is -4.15. The van der Waals surface area contributed by atoms with E-state index in [1.54, 1.807) is 12.1 Å². The lowest BCUT2D eigenvalue weighted by molar-refractivity contribution is -0.137. The number of carbonyl (C=O) groups excluding carboxylic acids is 2. The van der Waals surface area contributed by atoms with Crippen molar-refractivity contribution in [2.24, 2.45) is 0 Å². The first-order valence-electron chi connectivity index (χ1n) is 10.3.